The summed E-state index contributed by atoms with van der Waals surface area (Å²) in [6.45, 7) is 1.99. The number of anilines is 1. The summed E-state index contributed by atoms with van der Waals surface area (Å²) >= 11 is 0. The molecule has 1 heterocycles. The maximum absolute atomic E-state index is 12.7. The zero-order chi connectivity index (χ0) is 24.8. The molecule has 8 nitrogen and oxygen atoms in total. The summed E-state index contributed by atoms with van der Waals surface area (Å²) in [5.74, 6) is -2.31. The fourth-order valence-corrected chi connectivity index (χ4v) is 4.39. The largest absolute Gasteiger partial charge is 0.481 e. The maximum atomic E-state index is 12.7. The fourth-order valence-electron chi connectivity index (χ4n) is 4.39. The zero-order valence-corrected chi connectivity index (χ0v) is 19.4. The van der Waals surface area contributed by atoms with Crippen LogP contribution in [0.3, 0.4) is 0 Å². The van der Waals surface area contributed by atoms with Gasteiger partial charge in [0, 0.05) is 18.7 Å². The van der Waals surface area contributed by atoms with Crippen LogP contribution in [0.15, 0.2) is 66.9 Å². The summed E-state index contributed by atoms with van der Waals surface area (Å²) in [4.78, 5) is 40.7. The number of hydrogen-bond donors (Lipinski definition) is 3. The van der Waals surface area contributed by atoms with Gasteiger partial charge in [0.05, 0.1) is 11.6 Å². The van der Waals surface area contributed by atoms with E-state index in [0.29, 0.717) is 12.8 Å². The van der Waals surface area contributed by atoms with Crippen LogP contribution >= 0.6 is 0 Å². The van der Waals surface area contributed by atoms with Crippen molar-refractivity contribution in [3.63, 3.8) is 0 Å². The number of carboxylic acids is 1. The number of aliphatic carboxylic acids is 1. The van der Waals surface area contributed by atoms with E-state index < -0.39 is 23.9 Å². The van der Waals surface area contributed by atoms with Gasteiger partial charge in [0.15, 0.2) is 5.69 Å². The van der Waals surface area contributed by atoms with Crippen molar-refractivity contribution in [1.29, 1.82) is 0 Å². The Morgan fingerprint density at radius 3 is 2.29 bits per heavy atom. The summed E-state index contributed by atoms with van der Waals surface area (Å²) in [5, 5.41) is 14.5. The average molecular weight is 474 g/mol. The van der Waals surface area contributed by atoms with Crippen LogP contribution in [0, 0.1) is 5.92 Å². The van der Waals surface area contributed by atoms with Crippen molar-refractivity contribution in [1.82, 2.24) is 10.3 Å². The predicted molar refractivity (Wildman–Crippen MR) is 131 cm³/mol. The van der Waals surface area contributed by atoms with Crippen LogP contribution in [-0.2, 0) is 9.53 Å². The molecule has 3 N–H and O–H groups in total. The van der Waals surface area contributed by atoms with Gasteiger partial charge < -0.3 is 15.2 Å². The molecular formula is C27H27N3O5. The van der Waals surface area contributed by atoms with Gasteiger partial charge in [0.25, 0.3) is 5.91 Å². The fraction of sp³-hybridized carbons (Fsp3) is 0.259. The Balaban J connectivity index is 1.41. The Morgan fingerprint density at radius 2 is 1.66 bits per heavy atom. The standard InChI is InChI=1S/C27H27N3O5/c1-2-8-17(26(32)33)15-29-25(31)24-23(13-7-14-28-24)30-27(34)35-16-22-20-11-5-3-9-18(20)19-10-4-6-12-21(19)22/h3-7,9-14,17,22H,2,8,15-16H2,1H3,(H,29,31)(H,30,34)(H,32,33). The minimum Gasteiger partial charge on any atom is -0.481 e. The van der Waals surface area contributed by atoms with Crippen molar-refractivity contribution >= 4 is 23.7 Å². The molecule has 0 saturated carbocycles. The summed E-state index contributed by atoms with van der Waals surface area (Å²) in [6.07, 6.45) is 1.86. The first kappa shape index (κ1) is 23.9. The Hall–Kier alpha value is -4.20. The van der Waals surface area contributed by atoms with Gasteiger partial charge in [-0.15, -0.1) is 0 Å². The van der Waals surface area contributed by atoms with Gasteiger partial charge in [0.1, 0.15) is 6.61 Å². The van der Waals surface area contributed by atoms with E-state index in [4.69, 9.17) is 4.74 Å². The molecule has 2 aromatic carbocycles. The highest BCUT2D eigenvalue weighted by atomic mass is 16.5. The molecule has 0 radical (unpaired) electrons. The normalized spacial score (nSPS) is 12.8. The third kappa shape index (κ3) is 5.32. The van der Waals surface area contributed by atoms with E-state index in [9.17, 15) is 19.5 Å². The minimum absolute atomic E-state index is 0.0124. The monoisotopic (exact) mass is 473 g/mol. The van der Waals surface area contributed by atoms with Crippen molar-refractivity contribution in [3.8, 4) is 11.1 Å². The Morgan fingerprint density at radius 1 is 1.00 bits per heavy atom. The molecule has 8 heteroatoms. The van der Waals surface area contributed by atoms with Crippen LogP contribution in [0.25, 0.3) is 11.1 Å². The molecule has 4 rings (SSSR count). The lowest BCUT2D eigenvalue weighted by molar-refractivity contribution is -0.141. The van der Waals surface area contributed by atoms with Gasteiger partial charge in [-0.25, -0.2) is 9.78 Å². The van der Waals surface area contributed by atoms with E-state index >= 15 is 0 Å². The van der Waals surface area contributed by atoms with Gasteiger partial charge in [-0.05, 0) is 40.8 Å². The van der Waals surface area contributed by atoms with E-state index in [1.54, 1.807) is 12.1 Å². The number of carboxylic acid groups (broad SMARTS) is 1. The number of fused-ring (bicyclic) bond motifs is 3. The number of pyridine rings is 1. The van der Waals surface area contributed by atoms with E-state index in [-0.39, 0.29) is 30.5 Å². The highest BCUT2D eigenvalue weighted by molar-refractivity contribution is 6.01. The minimum atomic E-state index is -0.967. The quantitative estimate of drug-likeness (QED) is 0.416. The zero-order valence-electron chi connectivity index (χ0n) is 19.4. The molecule has 1 unspecified atom stereocenters. The van der Waals surface area contributed by atoms with Crippen LogP contribution in [0.1, 0.15) is 47.3 Å². The van der Waals surface area contributed by atoms with Crippen LogP contribution in [0.5, 0.6) is 0 Å². The number of amides is 2. The van der Waals surface area contributed by atoms with Crippen LogP contribution in [0.4, 0.5) is 10.5 Å². The first-order chi connectivity index (χ1) is 17.0. The summed E-state index contributed by atoms with van der Waals surface area (Å²) in [7, 11) is 0. The molecule has 1 atom stereocenters. The highest BCUT2D eigenvalue weighted by Crippen LogP contribution is 2.44. The third-order valence-electron chi connectivity index (χ3n) is 6.10. The first-order valence-corrected chi connectivity index (χ1v) is 11.6. The van der Waals surface area contributed by atoms with Gasteiger partial charge in [-0.2, -0.15) is 0 Å². The maximum Gasteiger partial charge on any atom is 0.411 e. The number of ether oxygens (including phenoxy) is 1. The summed E-state index contributed by atoms with van der Waals surface area (Å²) < 4.78 is 5.55. The second-order valence-electron chi connectivity index (χ2n) is 8.38. The lowest BCUT2D eigenvalue weighted by Crippen LogP contribution is -2.34. The van der Waals surface area contributed by atoms with Crippen LogP contribution < -0.4 is 10.6 Å². The van der Waals surface area contributed by atoms with E-state index in [1.165, 1.54) is 6.20 Å². The number of hydrogen-bond acceptors (Lipinski definition) is 5. The molecule has 2 amide bonds. The highest BCUT2D eigenvalue weighted by Gasteiger charge is 2.29. The molecule has 0 bridgehead atoms. The van der Waals surface area contributed by atoms with Gasteiger partial charge in [-0.1, -0.05) is 61.9 Å². The molecule has 1 aliphatic carbocycles. The third-order valence-corrected chi connectivity index (χ3v) is 6.10. The SMILES string of the molecule is CCCC(CNC(=O)c1ncccc1NC(=O)OCC1c2ccccc2-c2ccccc21)C(=O)O. The van der Waals surface area contributed by atoms with Gasteiger partial charge in [0.2, 0.25) is 0 Å². The lowest BCUT2D eigenvalue weighted by Gasteiger charge is -2.16. The van der Waals surface area contributed by atoms with Crippen molar-refractivity contribution in [2.75, 3.05) is 18.5 Å². The molecule has 35 heavy (non-hydrogen) atoms. The number of aromatic nitrogens is 1. The van der Waals surface area contributed by atoms with Crippen molar-refractivity contribution in [2.24, 2.45) is 5.92 Å². The van der Waals surface area contributed by atoms with Gasteiger partial charge >= 0.3 is 12.1 Å². The Bertz CT molecular complexity index is 1200. The van der Waals surface area contributed by atoms with Gasteiger partial charge in [-0.3, -0.25) is 14.9 Å². The molecular weight excluding hydrogens is 446 g/mol. The smallest absolute Gasteiger partial charge is 0.411 e. The number of carbonyl (C=O) groups excluding carboxylic acids is 2. The molecule has 0 saturated heterocycles. The number of nitrogens with zero attached hydrogens (tertiary/aromatic N) is 1. The molecule has 0 spiro atoms. The molecule has 180 valence electrons. The van der Waals surface area contributed by atoms with E-state index in [0.717, 1.165) is 22.3 Å². The molecule has 0 aliphatic heterocycles. The number of benzene rings is 2. The molecule has 1 aromatic heterocycles. The number of nitrogens with one attached hydrogen (secondary N) is 2. The van der Waals surface area contributed by atoms with Crippen molar-refractivity contribution in [2.45, 2.75) is 25.7 Å². The van der Waals surface area contributed by atoms with Crippen LogP contribution in [-0.4, -0.2) is 41.2 Å². The topological polar surface area (TPSA) is 118 Å². The average Bonchev–Trinajstić information content (AvgIpc) is 3.19. The number of carbonyl (C=O) groups is 3. The Kier molecular flexibility index (Phi) is 7.40. The van der Waals surface area contributed by atoms with Crippen molar-refractivity contribution < 1.29 is 24.2 Å². The lowest BCUT2D eigenvalue weighted by atomic mass is 9.98. The molecule has 3 aromatic rings. The van der Waals surface area contributed by atoms with Crippen LogP contribution in [0.2, 0.25) is 0 Å². The van der Waals surface area contributed by atoms with E-state index in [2.05, 4.69) is 27.8 Å². The molecule has 1 aliphatic rings. The molecule has 0 fully saturated rings. The Labute approximate surface area is 203 Å². The summed E-state index contributed by atoms with van der Waals surface area (Å²) in [6, 6.07) is 19.2. The summed E-state index contributed by atoms with van der Waals surface area (Å²) in [5.41, 5.74) is 4.63. The van der Waals surface area contributed by atoms with E-state index in [1.807, 2.05) is 43.3 Å². The predicted octanol–water partition coefficient (Wildman–Crippen LogP) is 4.67. The second kappa shape index (κ2) is 10.8. The first-order valence-electron chi connectivity index (χ1n) is 11.6. The van der Waals surface area contributed by atoms with Crippen molar-refractivity contribution in [3.05, 3.63) is 83.7 Å². The second-order valence-corrected chi connectivity index (χ2v) is 8.38. The number of rotatable bonds is 9.